The van der Waals surface area contributed by atoms with Gasteiger partial charge in [0, 0.05) is 49.6 Å². The van der Waals surface area contributed by atoms with Crippen molar-refractivity contribution in [1.82, 2.24) is 14.4 Å². The number of carbonyl (C=O) groups excluding carboxylic acids is 2. The van der Waals surface area contributed by atoms with Gasteiger partial charge in [0.05, 0.1) is 6.04 Å². The molecule has 0 spiro atoms. The van der Waals surface area contributed by atoms with Gasteiger partial charge in [-0.2, -0.15) is 0 Å². The number of amides is 2. The van der Waals surface area contributed by atoms with Crippen molar-refractivity contribution in [1.29, 1.82) is 0 Å². The molecule has 2 saturated heterocycles. The second-order valence-electron chi connectivity index (χ2n) is 8.48. The molecule has 5 nitrogen and oxygen atoms in total. The standard InChI is InChI=1S/C25H27N3O2/c1-2-23(29)28-15-20-14-27(16-21(20)25(28)19-9-4-3-5-10-19)24(30)17-26-13-12-18-8-6-7-11-22(18)26/h3-13,20-21,25H,2,14-17H2,1H3/t20-,21-,25-/m0/s1. The van der Waals surface area contributed by atoms with E-state index in [-0.39, 0.29) is 17.9 Å². The number of para-hydroxylation sites is 1. The van der Waals surface area contributed by atoms with Crippen molar-refractivity contribution >= 4 is 22.7 Å². The molecule has 154 valence electrons. The Kier molecular flexibility index (Phi) is 4.81. The summed E-state index contributed by atoms with van der Waals surface area (Å²) < 4.78 is 2.04. The Labute approximate surface area is 176 Å². The fourth-order valence-electron chi connectivity index (χ4n) is 5.31. The van der Waals surface area contributed by atoms with Crippen LogP contribution in [-0.4, -0.2) is 45.8 Å². The summed E-state index contributed by atoms with van der Waals surface area (Å²) in [6.07, 6.45) is 2.51. The van der Waals surface area contributed by atoms with E-state index < -0.39 is 0 Å². The number of fused-ring (bicyclic) bond motifs is 2. The molecule has 3 atom stereocenters. The summed E-state index contributed by atoms with van der Waals surface area (Å²) in [6, 6.07) is 20.6. The van der Waals surface area contributed by atoms with Crippen molar-refractivity contribution in [2.45, 2.75) is 25.9 Å². The van der Waals surface area contributed by atoms with Crippen LogP contribution in [0.25, 0.3) is 10.9 Å². The third kappa shape index (κ3) is 3.18. The zero-order valence-electron chi connectivity index (χ0n) is 17.3. The van der Waals surface area contributed by atoms with Crippen LogP contribution < -0.4 is 0 Å². The maximum Gasteiger partial charge on any atom is 0.242 e. The maximum atomic E-state index is 13.1. The van der Waals surface area contributed by atoms with Gasteiger partial charge in [0.1, 0.15) is 6.54 Å². The maximum absolute atomic E-state index is 13.1. The van der Waals surface area contributed by atoms with E-state index in [0.717, 1.165) is 30.5 Å². The van der Waals surface area contributed by atoms with Crippen molar-refractivity contribution in [2.24, 2.45) is 11.8 Å². The lowest BCUT2D eigenvalue weighted by molar-refractivity contribution is -0.133. The fourth-order valence-corrected chi connectivity index (χ4v) is 5.31. The van der Waals surface area contributed by atoms with Crippen LogP contribution in [0.4, 0.5) is 0 Å². The summed E-state index contributed by atoms with van der Waals surface area (Å²) >= 11 is 0. The van der Waals surface area contributed by atoms with E-state index in [1.165, 1.54) is 5.56 Å². The molecule has 0 aliphatic carbocycles. The molecule has 0 unspecified atom stereocenters. The van der Waals surface area contributed by atoms with Crippen LogP contribution in [0.2, 0.25) is 0 Å². The van der Waals surface area contributed by atoms with Gasteiger partial charge in [-0.25, -0.2) is 0 Å². The fraction of sp³-hybridized carbons (Fsp3) is 0.360. The minimum atomic E-state index is 0.0638. The summed E-state index contributed by atoms with van der Waals surface area (Å²) in [5, 5.41) is 1.15. The average Bonchev–Trinajstić information content (AvgIpc) is 3.46. The predicted molar refractivity (Wildman–Crippen MR) is 117 cm³/mol. The number of nitrogens with zero attached hydrogens (tertiary/aromatic N) is 3. The average molecular weight is 402 g/mol. The van der Waals surface area contributed by atoms with E-state index in [1.807, 2.05) is 57.8 Å². The zero-order valence-corrected chi connectivity index (χ0v) is 17.3. The van der Waals surface area contributed by atoms with Gasteiger partial charge in [0.25, 0.3) is 0 Å². The Morgan fingerprint density at radius 3 is 2.47 bits per heavy atom. The summed E-state index contributed by atoms with van der Waals surface area (Å²) in [6.45, 7) is 4.48. The topological polar surface area (TPSA) is 45.6 Å². The van der Waals surface area contributed by atoms with E-state index in [4.69, 9.17) is 0 Å². The van der Waals surface area contributed by atoms with Crippen molar-refractivity contribution in [2.75, 3.05) is 19.6 Å². The highest BCUT2D eigenvalue weighted by atomic mass is 16.2. The largest absolute Gasteiger partial charge is 0.340 e. The molecule has 3 heterocycles. The Hall–Kier alpha value is -3.08. The first kappa shape index (κ1) is 18.9. The summed E-state index contributed by atoms with van der Waals surface area (Å²) in [7, 11) is 0. The van der Waals surface area contributed by atoms with Crippen LogP contribution in [0.15, 0.2) is 66.9 Å². The van der Waals surface area contributed by atoms with Crippen LogP contribution in [0, 0.1) is 11.8 Å². The van der Waals surface area contributed by atoms with E-state index >= 15 is 0 Å². The van der Waals surface area contributed by atoms with E-state index in [1.54, 1.807) is 0 Å². The Bertz CT molecular complexity index is 1070. The third-order valence-corrected chi connectivity index (χ3v) is 6.77. The molecule has 5 rings (SSSR count). The smallest absolute Gasteiger partial charge is 0.242 e. The first-order valence-corrected chi connectivity index (χ1v) is 10.8. The van der Waals surface area contributed by atoms with Crippen LogP contribution in [0.1, 0.15) is 24.9 Å². The van der Waals surface area contributed by atoms with Gasteiger partial charge in [0.2, 0.25) is 11.8 Å². The van der Waals surface area contributed by atoms with Crippen molar-refractivity contribution in [3.8, 4) is 0 Å². The Balaban J connectivity index is 1.35. The van der Waals surface area contributed by atoms with E-state index in [9.17, 15) is 9.59 Å². The number of benzene rings is 2. The molecule has 2 amide bonds. The lowest BCUT2D eigenvalue weighted by Gasteiger charge is -2.30. The van der Waals surface area contributed by atoms with Gasteiger partial charge in [-0.15, -0.1) is 0 Å². The molecule has 0 N–H and O–H groups in total. The molecule has 2 aromatic carbocycles. The predicted octanol–water partition coefficient (Wildman–Crippen LogP) is 3.71. The van der Waals surface area contributed by atoms with Gasteiger partial charge in [-0.3, -0.25) is 9.59 Å². The second kappa shape index (κ2) is 7.63. The molecule has 0 radical (unpaired) electrons. The van der Waals surface area contributed by atoms with Gasteiger partial charge in [-0.05, 0) is 23.1 Å². The number of aromatic nitrogens is 1. The monoisotopic (exact) mass is 401 g/mol. The second-order valence-corrected chi connectivity index (χ2v) is 8.48. The van der Waals surface area contributed by atoms with Gasteiger partial charge < -0.3 is 14.4 Å². The van der Waals surface area contributed by atoms with E-state index in [0.29, 0.717) is 24.8 Å². The number of hydrogen-bond donors (Lipinski definition) is 0. The SMILES string of the molecule is CCC(=O)N1C[C@@H]2CN(C(=O)Cn3ccc4ccccc43)C[C@@H]2[C@@H]1c1ccccc1. The summed E-state index contributed by atoms with van der Waals surface area (Å²) in [4.78, 5) is 29.8. The number of carbonyl (C=O) groups is 2. The van der Waals surface area contributed by atoms with E-state index in [2.05, 4.69) is 30.3 Å². The highest BCUT2D eigenvalue weighted by molar-refractivity contribution is 5.83. The normalized spacial score (nSPS) is 23.2. The molecule has 1 aromatic heterocycles. The summed E-state index contributed by atoms with van der Waals surface area (Å²) in [5.41, 5.74) is 2.27. The van der Waals surface area contributed by atoms with Crippen molar-refractivity contribution < 1.29 is 9.59 Å². The van der Waals surface area contributed by atoms with Gasteiger partial charge in [-0.1, -0.05) is 55.5 Å². The molecule has 30 heavy (non-hydrogen) atoms. The van der Waals surface area contributed by atoms with Gasteiger partial charge >= 0.3 is 0 Å². The van der Waals surface area contributed by atoms with Crippen LogP contribution in [-0.2, 0) is 16.1 Å². The van der Waals surface area contributed by atoms with Crippen LogP contribution in [0.5, 0.6) is 0 Å². The zero-order chi connectivity index (χ0) is 20.7. The number of rotatable bonds is 4. The molecular weight excluding hydrogens is 374 g/mol. The highest BCUT2D eigenvalue weighted by Gasteiger charge is 2.49. The van der Waals surface area contributed by atoms with Crippen molar-refractivity contribution in [3.05, 3.63) is 72.4 Å². The minimum absolute atomic E-state index is 0.0638. The molecule has 2 aliphatic heterocycles. The summed E-state index contributed by atoms with van der Waals surface area (Å²) in [5.74, 6) is 1.00. The van der Waals surface area contributed by atoms with Crippen LogP contribution in [0.3, 0.4) is 0 Å². The quantitative estimate of drug-likeness (QED) is 0.669. The molecule has 2 aliphatic rings. The van der Waals surface area contributed by atoms with Crippen molar-refractivity contribution in [3.63, 3.8) is 0 Å². The minimum Gasteiger partial charge on any atom is -0.340 e. The number of hydrogen-bond acceptors (Lipinski definition) is 2. The number of likely N-dealkylation sites (tertiary alicyclic amines) is 2. The Morgan fingerprint density at radius 2 is 1.67 bits per heavy atom. The first-order chi connectivity index (χ1) is 14.7. The molecular formula is C25H27N3O2. The highest BCUT2D eigenvalue weighted by Crippen LogP contribution is 2.45. The lowest BCUT2D eigenvalue weighted by Crippen LogP contribution is -2.38. The molecule has 0 bridgehead atoms. The lowest BCUT2D eigenvalue weighted by atomic mass is 9.89. The first-order valence-electron chi connectivity index (χ1n) is 10.8. The molecule has 2 fully saturated rings. The molecule has 3 aromatic rings. The molecule has 0 saturated carbocycles. The Morgan fingerprint density at radius 1 is 0.900 bits per heavy atom. The van der Waals surface area contributed by atoms with Crippen LogP contribution >= 0.6 is 0 Å². The molecule has 5 heteroatoms. The third-order valence-electron chi connectivity index (χ3n) is 6.77. The van der Waals surface area contributed by atoms with Gasteiger partial charge in [0.15, 0.2) is 0 Å².